The Labute approximate surface area is 154 Å². The Bertz CT molecular complexity index is 1000. The van der Waals surface area contributed by atoms with E-state index in [2.05, 4.69) is 10.4 Å². The van der Waals surface area contributed by atoms with Crippen molar-refractivity contribution in [3.05, 3.63) is 77.5 Å². The third kappa shape index (κ3) is 4.11. The molecule has 2 aromatic carbocycles. The Morgan fingerprint density at radius 1 is 1.15 bits per heavy atom. The van der Waals surface area contributed by atoms with Crippen LogP contribution in [-0.2, 0) is 11.3 Å². The fourth-order valence-electron chi connectivity index (χ4n) is 2.35. The number of nitrogens with zero attached hydrogens (tertiary/aromatic N) is 3. The Kier molecular flexibility index (Phi) is 5.14. The third-order valence-corrected chi connectivity index (χ3v) is 3.68. The predicted molar refractivity (Wildman–Crippen MR) is 95.5 cm³/mol. The third-order valence-electron chi connectivity index (χ3n) is 3.68. The van der Waals surface area contributed by atoms with Crippen molar-refractivity contribution < 1.29 is 19.4 Å². The van der Waals surface area contributed by atoms with Gasteiger partial charge in [-0.15, -0.1) is 0 Å². The minimum atomic E-state index is -1.05. The lowest BCUT2D eigenvalue weighted by Crippen LogP contribution is -2.17. The molecule has 0 aliphatic carbocycles. The zero-order chi connectivity index (χ0) is 19.2. The number of carbonyl (C=O) groups is 2. The maximum Gasteiger partial charge on any atom is 0.413 e. The summed E-state index contributed by atoms with van der Waals surface area (Å²) in [7, 11) is 0. The van der Waals surface area contributed by atoms with Gasteiger partial charge in [-0.1, -0.05) is 30.3 Å². The second-order valence-electron chi connectivity index (χ2n) is 5.47. The molecule has 3 aromatic rings. The summed E-state index contributed by atoms with van der Waals surface area (Å²) in [6, 6.07) is 17.0. The molecule has 8 heteroatoms. The van der Waals surface area contributed by atoms with Crippen molar-refractivity contribution in [1.29, 1.82) is 5.26 Å². The Morgan fingerprint density at radius 3 is 2.48 bits per heavy atom. The zero-order valence-corrected chi connectivity index (χ0v) is 14.0. The summed E-state index contributed by atoms with van der Waals surface area (Å²) in [6.45, 7) is 0.0794. The van der Waals surface area contributed by atoms with E-state index < -0.39 is 12.1 Å². The number of carbonyl (C=O) groups excluding carboxylic acids is 1. The van der Waals surface area contributed by atoms with Crippen molar-refractivity contribution >= 4 is 17.9 Å². The first-order chi connectivity index (χ1) is 13.1. The van der Waals surface area contributed by atoms with E-state index in [0.717, 1.165) is 5.56 Å². The highest BCUT2D eigenvalue weighted by Gasteiger charge is 2.16. The van der Waals surface area contributed by atoms with Crippen molar-refractivity contribution in [2.45, 2.75) is 6.61 Å². The molecule has 27 heavy (non-hydrogen) atoms. The molecule has 1 heterocycles. The average molecular weight is 362 g/mol. The van der Waals surface area contributed by atoms with Crippen molar-refractivity contribution in [2.24, 2.45) is 0 Å². The number of aromatic nitrogens is 2. The summed E-state index contributed by atoms with van der Waals surface area (Å²) in [5.74, 6) is -0.916. The molecule has 2 N–H and O–H groups in total. The number of rotatable bonds is 5. The lowest BCUT2D eigenvalue weighted by atomic mass is 10.2. The summed E-state index contributed by atoms with van der Waals surface area (Å²) in [5.41, 5.74) is 1.57. The molecule has 8 nitrogen and oxygen atoms in total. The first-order valence-corrected chi connectivity index (χ1v) is 7.88. The molecule has 0 fully saturated rings. The fraction of sp³-hybridized carbons (Fsp3) is 0.0526. The van der Waals surface area contributed by atoms with Gasteiger partial charge in [0.25, 0.3) is 0 Å². The van der Waals surface area contributed by atoms with Crippen LogP contribution in [0.2, 0.25) is 0 Å². The number of hydrogen-bond acceptors (Lipinski definition) is 5. The van der Waals surface area contributed by atoms with Gasteiger partial charge in [0.15, 0.2) is 5.82 Å². The maximum atomic E-state index is 12.1. The Hall–Kier alpha value is -4.12. The van der Waals surface area contributed by atoms with E-state index >= 15 is 0 Å². The van der Waals surface area contributed by atoms with Gasteiger partial charge in [-0.25, -0.2) is 14.3 Å². The number of anilines is 1. The number of aromatic carboxylic acids is 1. The summed E-state index contributed by atoms with van der Waals surface area (Å²) < 4.78 is 6.49. The molecule has 0 bridgehead atoms. The molecule has 1 aromatic heterocycles. The fourth-order valence-corrected chi connectivity index (χ4v) is 2.35. The number of carboxylic acid groups (broad SMARTS) is 1. The van der Waals surface area contributed by atoms with Crippen LogP contribution >= 0.6 is 0 Å². The van der Waals surface area contributed by atoms with Crippen LogP contribution in [0.1, 0.15) is 21.5 Å². The largest absolute Gasteiger partial charge is 0.478 e. The van der Waals surface area contributed by atoms with E-state index in [0.29, 0.717) is 5.69 Å². The normalized spacial score (nSPS) is 10.0. The Morgan fingerprint density at radius 2 is 1.85 bits per heavy atom. The van der Waals surface area contributed by atoms with E-state index in [4.69, 9.17) is 9.84 Å². The van der Waals surface area contributed by atoms with Crippen LogP contribution in [0.25, 0.3) is 5.69 Å². The molecule has 0 saturated carbocycles. The average Bonchev–Trinajstić information content (AvgIpc) is 3.09. The van der Waals surface area contributed by atoms with Crippen LogP contribution in [0.15, 0.2) is 60.8 Å². The molecule has 0 radical (unpaired) electrons. The first kappa shape index (κ1) is 17.7. The van der Waals surface area contributed by atoms with E-state index in [9.17, 15) is 14.9 Å². The number of benzene rings is 2. The maximum absolute atomic E-state index is 12.1. The van der Waals surface area contributed by atoms with Gasteiger partial charge in [0.1, 0.15) is 18.2 Å². The summed E-state index contributed by atoms with van der Waals surface area (Å²) in [6.07, 6.45) is 0.567. The topological polar surface area (TPSA) is 117 Å². The van der Waals surface area contributed by atoms with Gasteiger partial charge in [-0.05, 0) is 29.8 Å². The van der Waals surface area contributed by atoms with Gasteiger partial charge in [0, 0.05) is 0 Å². The molecule has 0 aliphatic rings. The number of amides is 1. The Balaban J connectivity index is 1.78. The van der Waals surface area contributed by atoms with Crippen LogP contribution in [0.5, 0.6) is 0 Å². The number of nitrogens with one attached hydrogen (secondary N) is 1. The van der Waals surface area contributed by atoms with Crippen LogP contribution in [0.3, 0.4) is 0 Å². The molecule has 0 saturated heterocycles. The van der Waals surface area contributed by atoms with E-state index in [1.165, 1.54) is 35.1 Å². The van der Waals surface area contributed by atoms with Crippen molar-refractivity contribution in [3.8, 4) is 11.8 Å². The number of hydrogen-bond donors (Lipinski definition) is 2. The van der Waals surface area contributed by atoms with Crippen LogP contribution in [0.4, 0.5) is 10.6 Å². The quantitative estimate of drug-likeness (QED) is 0.720. The molecule has 0 spiro atoms. The van der Waals surface area contributed by atoms with Crippen molar-refractivity contribution in [1.82, 2.24) is 9.78 Å². The SMILES string of the molecule is N#Cc1cnn(-c2ccc(C(=O)O)cc2)c1NC(=O)OCc1ccccc1. The molecule has 0 unspecified atom stereocenters. The summed E-state index contributed by atoms with van der Waals surface area (Å²) in [4.78, 5) is 23.1. The van der Waals surface area contributed by atoms with Crippen LogP contribution in [-0.4, -0.2) is 26.9 Å². The van der Waals surface area contributed by atoms with Crippen LogP contribution < -0.4 is 5.32 Å². The zero-order valence-electron chi connectivity index (χ0n) is 14.0. The van der Waals surface area contributed by atoms with Crippen molar-refractivity contribution in [3.63, 3.8) is 0 Å². The number of ether oxygens (including phenoxy) is 1. The molecular weight excluding hydrogens is 348 g/mol. The standard InChI is InChI=1S/C19H14N4O4/c20-10-15-11-21-23(16-8-6-14(7-9-16)18(24)25)17(15)22-19(26)27-12-13-4-2-1-3-5-13/h1-9,11H,12H2,(H,22,26)(H,24,25). The first-order valence-electron chi connectivity index (χ1n) is 7.88. The monoisotopic (exact) mass is 362 g/mol. The highest BCUT2D eigenvalue weighted by atomic mass is 16.5. The second kappa shape index (κ2) is 7.84. The molecular formula is C19H14N4O4. The highest BCUT2D eigenvalue weighted by molar-refractivity contribution is 5.88. The highest BCUT2D eigenvalue weighted by Crippen LogP contribution is 2.20. The number of nitriles is 1. The van der Waals surface area contributed by atoms with E-state index in [-0.39, 0.29) is 23.6 Å². The van der Waals surface area contributed by atoms with Gasteiger partial charge >= 0.3 is 12.1 Å². The second-order valence-corrected chi connectivity index (χ2v) is 5.47. The van der Waals surface area contributed by atoms with Crippen LogP contribution in [0, 0.1) is 11.3 Å². The summed E-state index contributed by atoms with van der Waals surface area (Å²) in [5, 5.41) is 24.8. The molecule has 1 amide bonds. The minimum Gasteiger partial charge on any atom is -0.478 e. The van der Waals surface area contributed by atoms with Crippen molar-refractivity contribution in [2.75, 3.05) is 5.32 Å². The lowest BCUT2D eigenvalue weighted by molar-refractivity contribution is 0.0697. The number of carboxylic acids is 1. The van der Waals surface area contributed by atoms with Gasteiger partial charge in [0.2, 0.25) is 0 Å². The lowest BCUT2D eigenvalue weighted by Gasteiger charge is -2.10. The molecule has 134 valence electrons. The predicted octanol–water partition coefficient (Wildman–Crippen LogP) is 3.19. The van der Waals surface area contributed by atoms with Gasteiger partial charge in [0.05, 0.1) is 17.4 Å². The summed E-state index contributed by atoms with van der Waals surface area (Å²) >= 11 is 0. The minimum absolute atomic E-state index is 0.0794. The van der Waals surface area contributed by atoms with E-state index in [1.807, 2.05) is 36.4 Å². The molecule has 0 atom stereocenters. The smallest absolute Gasteiger partial charge is 0.413 e. The van der Waals surface area contributed by atoms with Gasteiger partial charge < -0.3 is 9.84 Å². The molecule has 3 rings (SSSR count). The van der Waals surface area contributed by atoms with E-state index in [1.54, 1.807) is 0 Å². The van der Waals surface area contributed by atoms with Gasteiger partial charge in [-0.3, -0.25) is 5.32 Å². The molecule has 0 aliphatic heterocycles. The van der Waals surface area contributed by atoms with Gasteiger partial charge in [-0.2, -0.15) is 10.4 Å².